The Bertz CT molecular complexity index is 280. The lowest BCUT2D eigenvalue weighted by atomic mass is 9.59. The fourth-order valence-electron chi connectivity index (χ4n) is 4.40. The van der Waals surface area contributed by atoms with Gasteiger partial charge >= 0.3 is 0 Å². The van der Waals surface area contributed by atoms with Crippen LogP contribution in [0, 0.1) is 34.5 Å². The molecule has 86 valence electrons. The molecule has 0 N–H and O–H groups in total. The lowest BCUT2D eigenvalue weighted by Crippen LogP contribution is -2.45. The molecule has 2 rings (SSSR count). The Morgan fingerprint density at radius 2 is 1.27 bits per heavy atom. The maximum atomic E-state index is 12.3. The van der Waals surface area contributed by atoms with E-state index in [9.17, 15) is 4.79 Å². The van der Waals surface area contributed by atoms with Crippen LogP contribution in [-0.4, -0.2) is 5.78 Å². The van der Waals surface area contributed by atoms with Crippen LogP contribution in [0.2, 0.25) is 0 Å². The van der Waals surface area contributed by atoms with Crippen molar-refractivity contribution < 1.29 is 4.79 Å². The molecule has 2 fully saturated rings. The van der Waals surface area contributed by atoms with Crippen LogP contribution < -0.4 is 0 Å². The van der Waals surface area contributed by atoms with Crippen LogP contribution in [0.1, 0.15) is 48.0 Å². The van der Waals surface area contributed by atoms with Crippen LogP contribution in [0.4, 0.5) is 0 Å². The number of hydrogen-bond acceptors (Lipinski definition) is 1. The molecule has 2 aliphatic rings. The van der Waals surface area contributed by atoms with Crippen LogP contribution in [0.15, 0.2) is 0 Å². The Labute approximate surface area is 93.6 Å². The number of fused-ring (bicyclic) bond motifs is 2. The van der Waals surface area contributed by atoms with Gasteiger partial charge in [-0.3, -0.25) is 4.79 Å². The van der Waals surface area contributed by atoms with E-state index in [4.69, 9.17) is 0 Å². The summed E-state index contributed by atoms with van der Waals surface area (Å²) in [6, 6.07) is 0. The molecule has 0 saturated heterocycles. The van der Waals surface area contributed by atoms with Gasteiger partial charge in [-0.25, -0.2) is 0 Å². The van der Waals surface area contributed by atoms with Gasteiger partial charge in [0.2, 0.25) is 0 Å². The van der Waals surface area contributed by atoms with Gasteiger partial charge in [0.25, 0.3) is 0 Å². The third kappa shape index (κ3) is 1.07. The van der Waals surface area contributed by atoms with Gasteiger partial charge in [-0.2, -0.15) is 0 Å². The van der Waals surface area contributed by atoms with E-state index in [-0.39, 0.29) is 22.7 Å². The first-order valence-corrected chi connectivity index (χ1v) is 6.29. The number of carbonyl (C=O) groups excluding carboxylic acids is 1. The first-order chi connectivity index (χ1) is 6.75. The van der Waals surface area contributed by atoms with Gasteiger partial charge in [0, 0.05) is 11.8 Å². The molecule has 2 bridgehead atoms. The molecule has 0 aliphatic heterocycles. The summed E-state index contributed by atoms with van der Waals surface area (Å²) in [5.74, 6) is 2.35. The Hall–Kier alpha value is -0.330. The molecular formula is C14H24O. The molecular weight excluding hydrogens is 184 g/mol. The molecule has 1 nitrogen and oxygen atoms in total. The maximum absolute atomic E-state index is 12.3. The monoisotopic (exact) mass is 208 g/mol. The average Bonchev–Trinajstić information content (AvgIpc) is 2.36. The number of hydrogen-bond donors (Lipinski definition) is 0. The van der Waals surface area contributed by atoms with Crippen LogP contribution in [0.25, 0.3) is 0 Å². The molecule has 6 atom stereocenters. The highest BCUT2D eigenvalue weighted by molar-refractivity contribution is 5.86. The van der Waals surface area contributed by atoms with Crippen LogP contribution in [-0.2, 0) is 4.79 Å². The molecule has 2 aliphatic carbocycles. The Morgan fingerprint density at radius 1 is 0.933 bits per heavy atom. The Balaban J connectivity index is 2.52. The van der Waals surface area contributed by atoms with Crippen molar-refractivity contribution in [2.45, 2.75) is 48.0 Å². The summed E-state index contributed by atoms with van der Waals surface area (Å²) in [7, 11) is 0. The molecule has 0 aromatic carbocycles. The summed E-state index contributed by atoms with van der Waals surface area (Å²) in [6.45, 7) is 13.6. The van der Waals surface area contributed by atoms with E-state index in [0.717, 1.165) is 0 Å². The van der Waals surface area contributed by atoms with Crippen molar-refractivity contribution in [2.24, 2.45) is 34.5 Å². The van der Waals surface area contributed by atoms with E-state index in [1.54, 1.807) is 0 Å². The van der Waals surface area contributed by atoms with Crippen molar-refractivity contribution >= 4 is 5.78 Å². The second kappa shape index (κ2) is 2.87. The SMILES string of the molecule is CC1C(=O)C(C)C2(C)CC1(C)C(C)C2C. The molecule has 0 heterocycles. The highest BCUT2D eigenvalue weighted by atomic mass is 16.1. The number of rotatable bonds is 0. The van der Waals surface area contributed by atoms with E-state index >= 15 is 0 Å². The van der Waals surface area contributed by atoms with E-state index < -0.39 is 0 Å². The zero-order chi connectivity index (χ0) is 11.6. The molecule has 1 heteroatoms. The molecule has 0 aromatic rings. The van der Waals surface area contributed by atoms with Gasteiger partial charge in [-0.15, -0.1) is 0 Å². The Kier molecular flexibility index (Phi) is 2.13. The highest BCUT2D eigenvalue weighted by Crippen LogP contribution is 2.66. The van der Waals surface area contributed by atoms with Crippen molar-refractivity contribution in [2.75, 3.05) is 0 Å². The molecule has 0 amide bonds. The van der Waals surface area contributed by atoms with E-state index in [0.29, 0.717) is 17.6 Å². The summed E-state index contributed by atoms with van der Waals surface area (Å²) in [5, 5.41) is 0. The molecule has 0 aromatic heterocycles. The summed E-state index contributed by atoms with van der Waals surface area (Å²) >= 11 is 0. The second-order valence-corrected chi connectivity index (χ2v) is 6.61. The maximum Gasteiger partial charge on any atom is 0.139 e. The first-order valence-electron chi connectivity index (χ1n) is 6.29. The smallest absolute Gasteiger partial charge is 0.139 e. The van der Waals surface area contributed by atoms with Gasteiger partial charge in [0.05, 0.1) is 0 Å². The van der Waals surface area contributed by atoms with Gasteiger partial charge < -0.3 is 0 Å². The van der Waals surface area contributed by atoms with Crippen molar-refractivity contribution in [3.63, 3.8) is 0 Å². The predicted molar refractivity (Wildman–Crippen MR) is 62.5 cm³/mol. The topological polar surface area (TPSA) is 17.1 Å². The minimum atomic E-state index is 0.248. The lowest BCUT2D eigenvalue weighted by molar-refractivity contribution is -0.138. The van der Waals surface area contributed by atoms with Crippen LogP contribution >= 0.6 is 0 Å². The van der Waals surface area contributed by atoms with E-state index in [1.165, 1.54) is 6.42 Å². The summed E-state index contributed by atoms with van der Waals surface area (Å²) in [5.41, 5.74) is 0.496. The zero-order valence-electron chi connectivity index (χ0n) is 10.9. The number of carbonyl (C=O) groups is 1. The van der Waals surface area contributed by atoms with Crippen LogP contribution in [0.5, 0.6) is 0 Å². The average molecular weight is 208 g/mol. The lowest BCUT2D eigenvalue weighted by Gasteiger charge is -2.44. The summed E-state index contributed by atoms with van der Waals surface area (Å²) in [4.78, 5) is 12.3. The van der Waals surface area contributed by atoms with E-state index in [1.807, 2.05) is 0 Å². The molecule has 0 spiro atoms. The fourth-order valence-corrected chi connectivity index (χ4v) is 4.40. The minimum Gasteiger partial charge on any atom is -0.299 e. The fraction of sp³-hybridized carbons (Fsp3) is 0.929. The van der Waals surface area contributed by atoms with E-state index in [2.05, 4.69) is 41.5 Å². The standard InChI is InChI=1S/C14H24O/c1-8-9(2)14(6)7-13(8,5)10(3)12(15)11(14)4/h8-11H,7H2,1-6H3. The number of Topliss-reactive ketones (excluding diaryl/α,β-unsaturated/α-hetero) is 1. The van der Waals surface area contributed by atoms with Gasteiger partial charge in [-0.05, 0) is 29.1 Å². The van der Waals surface area contributed by atoms with Crippen LogP contribution in [0.3, 0.4) is 0 Å². The molecule has 0 radical (unpaired) electrons. The molecule has 15 heavy (non-hydrogen) atoms. The van der Waals surface area contributed by atoms with Crippen molar-refractivity contribution in [3.8, 4) is 0 Å². The van der Waals surface area contributed by atoms with Gasteiger partial charge in [0.1, 0.15) is 5.78 Å². The van der Waals surface area contributed by atoms with Crippen molar-refractivity contribution in [3.05, 3.63) is 0 Å². The quantitative estimate of drug-likeness (QED) is 0.595. The zero-order valence-corrected chi connectivity index (χ0v) is 10.9. The third-order valence-corrected chi connectivity index (χ3v) is 6.42. The first kappa shape index (κ1) is 11.2. The Morgan fingerprint density at radius 3 is 1.60 bits per heavy atom. The molecule has 6 unspecified atom stereocenters. The van der Waals surface area contributed by atoms with Gasteiger partial charge in [-0.1, -0.05) is 41.5 Å². The summed E-state index contributed by atoms with van der Waals surface area (Å²) in [6.07, 6.45) is 1.23. The summed E-state index contributed by atoms with van der Waals surface area (Å²) < 4.78 is 0. The largest absolute Gasteiger partial charge is 0.299 e. The minimum absolute atomic E-state index is 0.248. The predicted octanol–water partition coefficient (Wildman–Crippen LogP) is 3.53. The second-order valence-electron chi connectivity index (χ2n) is 6.61. The highest BCUT2D eigenvalue weighted by Gasteiger charge is 2.63. The molecule has 2 saturated carbocycles. The van der Waals surface area contributed by atoms with Crippen molar-refractivity contribution in [1.82, 2.24) is 0 Å². The van der Waals surface area contributed by atoms with Crippen molar-refractivity contribution in [1.29, 1.82) is 0 Å². The third-order valence-electron chi connectivity index (χ3n) is 6.42. The number of ketones is 1. The van der Waals surface area contributed by atoms with Gasteiger partial charge in [0.15, 0.2) is 0 Å². The normalized spacial score (nSPS) is 59.7.